The summed E-state index contributed by atoms with van der Waals surface area (Å²) in [5.74, 6) is -1.85. The van der Waals surface area contributed by atoms with Crippen LogP contribution in [-0.2, 0) is 24.8 Å². The highest BCUT2D eigenvalue weighted by atomic mass is 16.4. The van der Waals surface area contributed by atoms with Gasteiger partial charge in [-0.15, -0.1) is 0 Å². The average Bonchev–Trinajstić information content (AvgIpc) is 2.56. The van der Waals surface area contributed by atoms with Crippen molar-refractivity contribution in [1.82, 2.24) is 14.5 Å². The summed E-state index contributed by atoms with van der Waals surface area (Å²) in [5, 5.41) is 9.46. The molecule has 0 spiro atoms. The Morgan fingerprint density at radius 2 is 1.88 bits per heavy atom. The van der Waals surface area contributed by atoms with Crippen molar-refractivity contribution in [2.24, 2.45) is 7.05 Å². The Morgan fingerprint density at radius 3 is 2.54 bits per heavy atom. The normalized spacial score (nSPS) is 16.5. The smallest absolute Gasteiger partial charge is 0.328 e. The van der Waals surface area contributed by atoms with E-state index in [4.69, 9.17) is 0 Å². The van der Waals surface area contributed by atoms with Gasteiger partial charge in [0.25, 0.3) is 11.5 Å². The lowest BCUT2D eigenvalue weighted by Crippen LogP contribution is -2.50. The van der Waals surface area contributed by atoms with E-state index in [-0.39, 0.29) is 18.5 Å². The quantitative estimate of drug-likeness (QED) is 0.787. The topological polar surface area (TPSA) is 112 Å². The van der Waals surface area contributed by atoms with Crippen LogP contribution in [0.2, 0.25) is 0 Å². The molecule has 0 bridgehead atoms. The summed E-state index contributed by atoms with van der Waals surface area (Å²) in [5.41, 5.74) is -0.0305. The second kappa shape index (κ2) is 5.80. The van der Waals surface area contributed by atoms with Crippen molar-refractivity contribution in [1.29, 1.82) is 0 Å². The van der Waals surface area contributed by atoms with Gasteiger partial charge in [-0.3, -0.25) is 14.6 Å². The molecule has 0 saturated carbocycles. The maximum Gasteiger partial charge on any atom is 0.328 e. The Balaban J connectivity index is 2.05. The summed E-state index contributed by atoms with van der Waals surface area (Å²) in [4.78, 5) is 50.9. The molecule has 24 heavy (non-hydrogen) atoms. The van der Waals surface area contributed by atoms with E-state index in [1.807, 2.05) is 29.2 Å². The van der Waals surface area contributed by atoms with Crippen molar-refractivity contribution in [3.63, 3.8) is 0 Å². The molecule has 0 unspecified atom stereocenters. The fraction of sp³-hybridized carbons (Fsp3) is 0.250. The van der Waals surface area contributed by atoms with E-state index in [1.54, 1.807) is 0 Å². The van der Waals surface area contributed by atoms with Crippen molar-refractivity contribution in [2.75, 3.05) is 0 Å². The molecule has 8 nitrogen and oxygen atoms in total. The van der Waals surface area contributed by atoms with E-state index < -0.39 is 29.2 Å². The number of H-pyrrole nitrogens is 1. The van der Waals surface area contributed by atoms with Gasteiger partial charge in [0.1, 0.15) is 11.6 Å². The number of rotatable bonds is 2. The van der Waals surface area contributed by atoms with Crippen LogP contribution in [0.3, 0.4) is 0 Å². The van der Waals surface area contributed by atoms with E-state index in [9.17, 15) is 24.3 Å². The number of nitrogens with zero attached hydrogens (tertiary/aromatic N) is 2. The molecule has 8 heteroatoms. The number of carbonyl (C=O) groups excluding carboxylic acids is 1. The predicted octanol–water partition coefficient (Wildman–Crippen LogP) is -0.275. The largest absolute Gasteiger partial charge is 0.480 e. The number of aromatic nitrogens is 2. The molecule has 1 amide bonds. The standard InChI is InChI=1S/C16H15N3O5/c1-18-8-11(13(20)17-16(18)24)14(21)19-7-10-5-3-2-4-9(10)6-12(19)15(22)23/h2-5,8,12H,6-7H2,1H3,(H,22,23)(H,17,20,24)/t12-/m0/s1. The summed E-state index contributed by atoms with van der Waals surface area (Å²) in [6.07, 6.45) is 1.30. The Bertz CT molecular complexity index is 943. The minimum Gasteiger partial charge on any atom is -0.480 e. The van der Waals surface area contributed by atoms with Crippen LogP contribution in [0, 0.1) is 0 Å². The highest BCUT2D eigenvalue weighted by Crippen LogP contribution is 2.24. The van der Waals surface area contributed by atoms with Crippen LogP contribution in [-0.4, -0.2) is 37.5 Å². The zero-order valence-electron chi connectivity index (χ0n) is 12.9. The molecular weight excluding hydrogens is 314 g/mol. The number of aryl methyl sites for hydroxylation is 1. The summed E-state index contributed by atoms with van der Waals surface area (Å²) < 4.78 is 1.07. The minimum absolute atomic E-state index is 0.0915. The van der Waals surface area contributed by atoms with Gasteiger partial charge in [0, 0.05) is 26.2 Å². The lowest BCUT2D eigenvalue weighted by Gasteiger charge is -2.34. The van der Waals surface area contributed by atoms with E-state index >= 15 is 0 Å². The van der Waals surface area contributed by atoms with E-state index in [0.29, 0.717) is 0 Å². The van der Waals surface area contributed by atoms with Crippen molar-refractivity contribution in [2.45, 2.75) is 19.0 Å². The molecule has 0 radical (unpaired) electrons. The van der Waals surface area contributed by atoms with Gasteiger partial charge < -0.3 is 14.6 Å². The van der Waals surface area contributed by atoms with Crippen LogP contribution >= 0.6 is 0 Å². The molecule has 0 aliphatic carbocycles. The number of fused-ring (bicyclic) bond motifs is 1. The lowest BCUT2D eigenvalue weighted by atomic mass is 9.93. The van der Waals surface area contributed by atoms with Gasteiger partial charge in [0.15, 0.2) is 0 Å². The van der Waals surface area contributed by atoms with Crippen molar-refractivity contribution in [3.8, 4) is 0 Å². The maximum atomic E-state index is 12.7. The predicted molar refractivity (Wildman–Crippen MR) is 83.7 cm³/mol. The lowest BCUT2D eigenvalue weighted by molar-refractivity contribution is -0.142. The van der Waals surface area contributed by atoms with E-state index in [2.05, 4.69) is 0 Å². The molecule has 0 saturated heterocycles. The molecule has 0 fully saturated rings. The van der Waals surface area contributed by atoms with Gasteiger partial charge in [0.2, 0.25) is 0 Å². The monoisotopic (exact) mass is 329 g/mol. The van der Waals surface area contributed by atoms with Gasteiger partial charge in [0.05, 0.1) is 0 Å². The molecule has 1 aromatic carbocycles. The summed E-state index contributed by atoms with van der Waals surface area (Å²) in [6, 6.07) is 6.20. The Labute approximate surface area is 136 Å². The first-order valence-corrected chi connectivity index (χ1v) is 7.29. The van der Waals surface area contributed by atoms with Gasteiger partial charge >= 0.3 is 11.7 Å². The van der Waals surface area contributed by atoms with Crippen LogP contribution < -0.4 is 11.2 Å². The van der Waals surface area contributed by atoms with Gasteiger partial charge in [-0.05, 0) is 11.1 Å². The third-order valence-corrected chi connectivity index (χ3v) is 4.13. The first kappa shape index (κ1) is 15.7. The summed E-state index contributed by atoms with van der Waals surface area (Å²) in [6.45, 7) is 0.0915. The van der Waals surface area contributed by atoms with Crippen LogP contribution in [0.15, 0.2) is 40.1 Å². The van der Waals surface area contributed by atoms with Crippen molar-refractivity contribution in [3.05, 3.63) is 68.0 Å². The highest BCUT2D eigenvalue weighted by molar-refractivity contribution is 5.96. The third-order valence-electron chi connectivity index (χ3n) is 4.13. The molecule has 2 N–H and O–H groups in total. The van der Waals surface area contributed by atoms with Crippen LogP contribution in [0.25, 0.3) is 0 Å². The highest BCUT2D eigenvalue weighted by Gasteiger charge is 2.35. The second-order valence-corrected chi connectivity index (χ2v) is 5.67. The number of amides is 1. The van der Waals surface area contributed by atoms with E-state index in [1.165, 1.54) is 7.05 Å². The van der Waals surface area contributed by atoms with Gasteiger partial charge in [-0.25, -0.2) is 9.59 Å². The molecule has 124 valence electrons. The molecule has 2 heterocycles. The molecule has 3 rings (SSSR count). The fourth-order valence-corrected chi connectivity index (χ4v) is 2.83. The number of carboxylic acid groups (broad SMARTS) is 1. The Morgan fingerprint density at radius 1 is 1.21 bits per heavy atom. The molecule has 1 atom stereocenters. The molecule has 1 aliphatic heterocycles. The minimum atomic E-state index is -1.14. The van der Waals surface area contributed by atoms with Crippen LogP contribution in [0.5, 0.6) is 0 Å². The number of aliphatic carboxylic acids is 1. The third kappa shape index (κ3) is 2.62. The SMILES string of the molecule is Cn1cc(C(=O)N2Cc3ccccc3C[C@H]2C(=O)O)c(=O)[nH]c1=O. The zero-order valence-corrected chi connectivity index (χ0v) is 12.9. The van der Waals surface area contributed by atoms with Crippen molar-refractivity contribution < 1.29 is 14.7 Å². The average molecular weight is 329 g/mol. The number of carbonyl (C=O) groups is 2. The number of nitrogens with one attached hydrogen (secondary N) is 1. The maximum absolute atomic E-state index is 12.7. The molecule has 1 aromatic heterocycles. The molecule has 2 aromatic rings. The number of hydrogen-bond acceptors (Lipinski definition) is 4. The first-order valence-electron chi connectivity index (χ1n) is 7.29. The molecular formula is C16H15N3O5. The van der Waals surface area contributed by atoms with Crippen LogP contribution in [0.1, 0.15) is 21.5 Å². The first-order chi connectivity index (χ1) is 11.4. The van der Waals surface area contributed by atoms with Crippen LogP contribution in [0.4, 0.5) is 0 Å². The number of aromatic amines is 1. The zero-order chi connectivity index (χ0) is 17.4. The Kier molecular flexibility index (Phi) is 3.80. The Hall–Kier alpha value is -3.16. The summed E-state index contributed by atoms with van der Waals surface area (Å²) >= 11 is 0. The second-order valence-electron chi connectivity index (χ2n) is 5.67. The number of hydrogen-bond donors (Lipinski definition) is 2. The van der Waals surface area contributed by atoms with Gasteiger partial charge in [-0.1, -0.05) is 24.3 Å². The van der Waals surface area contributed by atoms with E-state index in [0.717, 1.165) is 26.8 Å². The fourth-order valence-electron chi connectivity index (χ4n) is 2.83. The molecule has 1 aliphatic rings. The van der Waals surface area contributed by atoms with Gasteiger partial charge in [-0.2, -0.15) is 0 Å². The number of benzene rings is 1. The van der Waals surface area contributed by atoms with Crippen molar-refractivity contribution >= 4 is 11.9 Å². The number of carboxylic acids is 1. The summed E-state index contributed by atoms with van der Waals surface area (Å²) in [7, 11) is 1.40.